The van der Waals surface area contributed by atoms with Crippen LogP contribution in [0.25, 0.3) is 0 Å². The van der Waals surface area contributed by atoms with Crippen LogP contribution in [-0.2, 0) is 19.9 Å². The third-order valence-corrected chi connectivity index (χ3v) is 3.66. The van der Waals surface area contributed by atoms with Crippen LogP contribution in [0.3, 0.4) is 0 Å². The fourth-order valence-corrected chi connectivity index (χ4v) is 2.19. The fourth-order valence-electron chi connectivity index (χ4n) is 2.19. The number of nitrogens with zero attached hydrogens (tertiary/aromatic N) is 2. The van der Waals surface area contributed by atoms with E-state index in [0.717, 1.165) is 12.8 Å². The van der Waals surface area contributed by atoms with Crippen molar-refractivity contribution in [2.75, 3.05) is 13.7 Å². The molecular weight excluding hydrogens is 260 g/mol. The number of esters is 1. The first-order valence-corrected chi connectivity index (χ1v) is 7.14. The van der Waals surface area contributed by atoms with E-state index in [0.29, 0.717) is 24.7 Å². The summed E-state index contributed by atoms with van der Waals surface area (Å²) in [6.07, 6.45) is 2.02. The summed E-state index contributed by atoms with van der Waals surface area (Å²) in [5.74, 6) is -0.0623. The number of rotatable bonds is 8. The summed E-state index contributed by atoms with van der Waals surface area (Å²) in [6, 6.07) is 0. The number of carbonyl (C=O) groups excluding carboxylic acids is 1. The van der Waals surface area contributed by atoms with Crippen molar-refractivity contribution in [1.29, 1.82) is 0 Å². The summed E-state index contributed by atoms with van der Waals surface area (Å²) in [6.45, 7) is 8.00. The molecule has 6 nitrogen and oxygen atoms in total. The van der Waals surface area contributed by atoms with E-state index < -0.39 is 11.5 Å². The van der Waals surface area contributed by atoms with Crippen molar-refractivity contribution in [2.24, 2.45) is 0 Å². The normalized spacial score (nSPS) is 13.2. The molecule has 0 aliphatic carbocycles. The standard InChI is InChI=1S/C14H24N2O4/c1-6-10(12(17)19-9-4)11-15-13(16-20-11)14(7-2,8-3)18-5/h10H,6-9H2,1-5H3. The van der Waals surface area contributed by atoms with Crippen LogP contribution in [0.2, 0.25) is 0 Å². The molecule has 0 radical (unpaired) electrons. The molecule has 114 valence electrons. The molecule has 0 saturated heterocycles. The molecule has 1 heterocycles. The summed E-state index contributed by atoms with van der Waals surface area (Å²) in [7, 11) is 1.63. The van der Waals surface area contributed by atoms with Crippen LogP contribution in [0.1, 0.15) is 64.6 Å². The Morgan fingerprint density at radius 2 is 1.95 bits per heavy atom. The van der Waals surface area contributed by atoms with E-state index in [1.54, 1.807) is 14.0 Å². The highest BCUT2D eigenvalue weighted by Crippen LogP contribution is 2.31. The van der Waals surface area contributed by atoms with E-state index in [9.17, 15) is 4.79 Å². The molecule has 0 aliphatic heterocycles. The molecule has 1 aromatic rings. The van der Waals surface area contributed by atoms with Crippen LogP contribution >= 0.6 is 0 Å². The van der Waals surface area contributed by atoms with Crippen molar-refractivity contribution in [3.05, 3.63) is 11.7 Å². The van der Waals surface area contributed by atoms with Gasteiger partial charge in [-0.2, -0.15) is 4.98 Å². The minimum absolute atomic E-state index is 0.296. The van der Waals surface area contributed by atoms with Gasteiger partial charge in [0.15, 0.2) is 0 Å². The van der Waals surface area contributed by atoms with E-state index in [-0.39, 0.29) is 5.97 Å². The molecule has 0 amide bonds. The van der Waals surface area contributed by atoms with Gasteiger partial charge in [-0.05, 0) is 26.2 Å². The van der Waals surface area contributed by atoms with Gasteiger partial charge in [0.25, 0.3) is 0 Å². The van der Waals surface area contributed by atoms with E-state index in [1.807, 2.05) is 20.8 Å². The Bertz CT molecular complexity index is 418. The molecule has 0 spiro atoms. The van der Waals surface area contributed by atoms with E-state index in [1.165, 1.54) is 0 Å². The second-order valence-electron chi connectivity index (χ2n) is 4.57. The first-order chi connectivity index (χ1) is 9.58. The Morgan fingerprint density at radius 3 is 2.40 bits per heavy atom. The smallest absolute Gasteiger partial charge is 0.318 e. The van der Waals surface area contributed by atoms with Crippen LogP contribution in [-0.4, -0.2) is 29.8 Å². The molecule has 1 unspecified atom stereocenters. The number of carbonyl (C=O) groups is 1. The van der Waals surface area contributed by atoms with Gasteiger partial charge in [-0.3, -0.25) is 4.79 Å². The van der Waals surface area contributed by atoms with Gasteiger partial charge >= 0.3 is 5.97 Å². The number of aromatic nitrogens is 2. The third-order valence-electron chi connectivity index (χ3n) is 3.66. The van der Waals surface area contributed by atoms with Gasteiger partial charge < -0.3 is 14.0 Å². The molecule has 20 heavy (non-hydrogen) atoms. The van der Waals surface area contributed by atoms with Crippen LogP contribution in [0.15, 0.2) is 4.52 Å². The van der Waals surface area contributed by atoms with Crippen molar-refractivity contribution < 1.29 is 18.8 Å². The summed E-state index contributed by atoms with van der Waals surface area (Å²) < 4.78 is 15.8. The minimum atomic E-state index is -0.561. The average Bonchev–Trinajstić information content (AvgIpc) is 2.93. The van der Waals surface area contributed by atoms with Crippen molar-refractivity contribution >= 4 is 5.97 Å². The Balaban J connectivity index is 3.03. The van der Waals surface area contributed by atoms with Crippen molar-refractivity contribution in [1.82, 2.24) is 10.1 Å². The lowest BCUT2D eigenvalue weighted by molar-refractivity contribution is -0.145. The van der Waals surface area contributed by atoms with Crippen molar-refractivity contribution in [3.63, 3.8) is 0 Å². The molecule has 0 bridgehead atoms. The van der Waals surface area contributed by atoms with Crippen LogP contribution < -0.4 is 0 Å². The number of hydrogen-bond donors (Lipinski definition) is 0. The zero-order valence-corrected chi connectivity index (χ0v) is 12.9. The quantitative estimate of drug-likeness (QED) is 0.683. The van der Waals surface area contributed by atoms with Gasteiger partial charge in [0.2, 0.25) is 11.7 Å². The molecule has 1 atom stereocenters. The second kappa shape index (κ2) is 7.38. The Labute approximate surface area is 119 Å². The number of methoxy groups -OCH3 is 1. The summed E-state index contributed by atoms with van der Waals surface area (Å²) >= 11 is 0. The van der Waals surface area contributed by atoms with Gasteiger partial charge in [-0.15, -0.1) is 0 Å². The Morgan fingerprint density at radius 1 is 1.30 bits per heavy atom. The largest absolute Gasteiger partial charge is 0.465 e. The zero-order valence-electron chi connectivity index (χ0n) is 12.9. The monoisotopic (exact) mass is 284 g/mol. The van der Waals surface area contributed by atoms with E-state index >= 15 is 0 Å². The van der Waals surface area contributed by atoms with Crippen LogP contribution in [0.4, 0.5) is 0 Å². The lowest BCUT2D eigenvalue weighted by Gasteiger charge is -2.25. The minimum Gasteiger partial charge on any atom is -0.465 e. The maximum absolute atomic E-state index is 11.9. The van der Waals surface area contributed by atoms with E-state index in [4.69, 9.17) is 14.0 Å². The molecule has 1 rings (SSSR count). The van der Waals surface area contributed by atoms with Gasteiger partial charge in [0, 0.05) is 7.11 Å². The first-order valence-electron chi connectivity index (χ1n) is 7.14. The lowest BCUT2D eigenvalue weighted by atomic mass is 9.96. The molecule has 6 heteroatoms. The first kappa shape index (κ1) is 16.6. The van der Waals surface area contributed by atoms with Gasteiger partial charge in [-0.1, -0.05) is 25.9 Å². The van der Waals surface area contributed by atoms with Gasteiger partial charge in [-0.25, -0.2) is 0 Å². The Hall–Kier alpha value is -1.43. The molecule has 0 N–H and O–H groups in total. The third kappa shape index (κ3) is 3.17. The predicted octanol–water partition coefficient (Wildman–Crippen LogP) is 2.79. The highest BCUT2D eigenvalue weighted by molar-refractivity contribution is 5.76. The topological polar surface area (TPSA) is 74.5 Å². The molecule has 1 aromatic heterocycles. The highest BCUT2D eigenvalue weighted by Gasteiger charge is 2.35. The maximum atomic E-state index is 11.9. The van der Waals surface area contributed by atoms with Crippen molar-refractivity contribution in [3.8, 4) is 0 Å². The SMILES string of the molecule is CCOC(=O)C(CC)c1nc(C(CC)(CC)OC)no1. The molecule has 0 saturated carbocycles. The number of ether oxygens (including phenoxy) is 2. The number of hydrogen-bond acceptors (Lipinski definition) is 6. The van der Waals surface area contributed by atoms with Crippen molar-refractivity contribution in [2.45, 2.75) is 58.5 Å². The zero-order chi connectivity index (χ0) is 15.2. The molecule has 0 fully saturated rings. The fraction of sp³-hybridized carbons (Fsp3) is 0.786. The average molecular weight is 284 g/mol. The Kier molecular flexibility index (Phi) is 6.13. The second-order valence-corrected chi connectivity index (χ2v) is 4.57. The van der Waals surface area contributed by atoms with Gasteiger partial charge in [0.1, 0.15) is 11.5 Å². The molecule has 0 aliphatic rings. The lowest BCUT2D eigenvalue weighted by Crippen LogP contribution is -2.28. The molecule has 0 aromatic carbocycles. The summed E-state index contributed by atoms with van der Waals surface area (Å²) in [4.78, 5) is 16.2. The van der Waals surface area contributed by atoms with Gasteiger partial charge in [0.05, 0.1) is 6.61 Å². The predicted molar refractivity (Wildman–Crippen MR) is 73.2 cm³/mol. The summed E-state index contributed by atoms with van der Waals surface area (Å²) in [5, 5.41) is 3.99. The molecular formula is C14H24N2O4. The van der Waals surface area contributed by atoms with Crippen LogP contribution in [0, 0.1) is 0 Å². The maximum Gasteiger partial charge on any atom is 0.318 e. The summed E-state index contributed by atoms with van der Waals surface area (Å²) in [5.41, 5.74) is -0.561. The van der Waals surface area contributed by atoms with E-state index in [2.05, 4.69) is 10.1 Å². The van der Waals surface area contributed by atoms with Crippen LogP contribution in [0.5, 0.6) is 0 Å². The highest BCUT2D eigenvalue weighted by atomic mass is 16.5.